The van der Waals surface area contributed by atoms with E-state index in [1.165, 1.54) is 0 Å². The van der Waals surface area contributed by atoms with E-state index < -0.39 is 0 Å². The fourth-order valence-electron chi connectivity index (χ4n) is 3.28. The van der Waals surface area contributed by atoms with Crippen molar-refractivity contribution in [2.75, 3.05) is 39.9 Å². The van der Waals surface area contributed by atoms with Crippen molar-refractivity contribution in [2.45, 2.75) is 19.8 Å². The van der Waals surface area contributed by atoms with Gasteiger partial charge in [0.25, 0.3) is 5.91 Å². The number of amides is 2. The van der Waals surface area contributed by atoms with Crippen LogP contribution in [-0.4, -0.2) is 61.5 Å². The normalized spacial score (nSPS) is 13.9. The fraction of sp³-hybridized carbons (Fsp3) is 0.391. The monoisotopic (exact) mass is 396 g/mol. The number of carbonyl (C=O) groups excluding carboxylic acids is 2. The third-order valence-electron chi connectivity index (χ3n) is 5.08. The Morgan fingerprint density at radius 3 is 2.07 bits per heavy atom. The molecule has 0 aliphatic carbocycles. The first-order chi connectivity index (χ1) is 14.1. The van der Waals surface area contributed by atoms with Crippen LogP contribution in [-0.2, 0) is 4.79 Å². The van der Waals surface area contributed by atoms with Gasteiger partial charge in [0.1, 0.15) is 11.5 Å². The number of aryl methyl sites for hydroxylation is 1. The highest BCUT2D eigenvalue weighted by Gasteiger charge is 2.24. The van der Waals surface area contributed by atoms with Crippen LogP contribution in [0.5, 0.6) is 11.5 Å². The van der Waals surface area contributed by atoms with Crippen molar-refractivity contribution in [3.8, 4) is 11.5 Å². The maximum atomic E-state index is 12.6. The second-order valence-electron chi connectivity index (χ2n) is 7.17. The summed E-state index contributed by atoms with van der Waals surface area (Å²) in [5.41, 5.74) is 1.83. The first-order valence-electron chi connectivity index (χ1n) is 9.97. The van der Waals surface area contributed by atoms with Crippen molar-refractivity contribution in [3.05, 3.63) is 59.7 Å². The van der Waals surface area contributed by atoms with E-state index in [-0.39, 0.29) is 11.8 Å². The molecule has 1 heterocycles. The van der Waals surface area contributed by atoms with E-state index >= 15 is 0 Å². The van der Waals surface area contributed by atoms with Gasteiger partial charge in [0.15, 0.2) is 0 Å². The van der Waals surface area contributed by atoms with Crippen molar-refractivity contribution < 1.29 is 19.1 Å². The molecule has 1 saturated heterocycles. The second-order valence-corrected chi connectivity index (χ2v) is 7.17. The lowest BCUT2D eigenvalue weighted by Crippen LogP contribution is -2.50. The molecule has 0 bridgehead atoms. The van der Waals surface area contributed by atoms with E-state index in [0.717, 1.165) is 17.1 Å². The Morgan fingerprint density at radius 2 is 1.45 bits per heavy atom. The molecule has 2 aromatic carbocycles. The standard InChI is InChI=1S/C23H28N2O4/c1-18-5-7-19(8-6-18)23(27)25-15-13-24(14-16-25)22(26)4-3-17-29-21-11-9-20(28-2)10-12-21/h5-12H,3-4,13-17H2,1-2H3. The lowest BCUT2D eigenvalue weighted by molar-refractivity contribution is -0.132. The van der Waals surface area contributed by atoms with Crippen molar-refractivity contribution in [1.82, 2.24) is 9.80 Å². The zero-order valence-corrected chi connectivity index (χ0v) is 17.1. The summed E-state index contributed by atoms with van der Waals surface area (Å²) >= 11 is 0. The molecule has 0 atom stereocenters. The Balaban J connectivity index is 1.37. The molecule has 2 aromatic rings. The van der Waals surface area contributed by atoms with Gasteiger partial charge in [-0.3, -0.25) is 9.59 Å². The molecule has 6 nitrogen and oxygen atoms in total. The van der Waals surface area contributed by atoms with E-state index in [2.05, 4.69) is 0 Å². The largest absolute Gasteiger partial charge is 0.497 e. The van der Waals surface area contributed by atoms with Crippen LogP contribution >= 0.6 is 0 Å². The molecule has 29 heavy (non-hydrogen) atoms. The van der Waals surface area contributed by atoms with E-state index in [4.69, 9.17) is 9.47 Å². The van der Waals surface area contributed by atoms with E-state index in [0.29, 0.717) is 51.2 Å². The summed E-state index contributed by atoms with van der Waals surface area (Å²) in [5, 5.41) is 0. The molecule has 1 aliphatic rings. The molecule has 0 saturated carbocycles. The molecule has 6 heteroatoms. The molecule has 0 aromatic heterocycles. The van der Waals surface area contributed by atoms with E-state index in [1.54, 1.807) is 7.11 Å². The van der Waals surface area contributed by atoms with Gasteiger partial charge in [-0.15, -0.1) is 0 Å². The lowest BCUT2D eigenvalue weighted by Gasteiger charge is -2.35. The molecule has 1 aliphatic heterocycles. The molecule has 0 N–H and O–H groups in total. The highest BCUT2D eigenvalue weighted by Crippen LogP contribution is 2.17. The molecule has 0 spiro atoms. The smallest absolute Gasteiger partial charge is 0.253 e. The van der Waals surface area contributed by atoms with Crippen LogP contribution in [0.1, 0.15) is 28.8 Å². The number of hydrogen-bond acceptors (Lipinski definition) is 4. The van der Waals surface area contributed by atoms with Gasteiger partial charge in [-0.1, -0.05) is 17.7 Å². The topological polar surface area (TPSA) is 59.1 Å². The van der Waals surface area contributed by atoms with Crippen LogP contribution in [0.25, 0.3) is 0 Å². The number of nitrogens with zero attached hydrogens (tertiary/aromatic N) is 2. The number of piperazine rings is 1. The first-order valence-corrected chi connectivity index (χ1v) is 9.97. The molecule has 0 radical (unpaired) electrons. The molecular formula is C23H28N2O4. The summed E-state index contributed by atoms with van der Waals surface area (Å²) in [4.78, 5) is 28.7. The first kappa shape index (κ1) is 20.7. The summed E-state index contributed by atoms with van der Waals surface area (Å²) < 4.78 is 10.8. The van der Waals surface area contributed by atoms with Crippen LogP contribution in [0.15, 0.2) is 48.5 Å². The number of hydrogen-bond donors (Lipinski definition) is 0. The number of carbonyl (C=O) groups is 2. The third kappa shape index (κ3) is 5.73. The van der Waals surface area contributed by atoms with Crippen molar-refractivity contribution in [2.24, 2.45) is 0 Å². The Kier molecular flexibility index (Phi) is 7.11. The fourth-order valence-corrected chi connectivity index (χ4v) is 3.28. The van der Waals surface area contributed by atoms with Gasteiger partial charge >= 0.3 is 0 Å². The summed E-state index contributed by atoms with van der Waals surface area (Å²) in [6.45, 7) is 4.79. The highest BCUT2D eigenvalue weighted by molar-refractivity contribution is 5.94. The molecule has 3 rings (SSSR count). The van der Waals surface area contributed by atoms with Crippen LogP contribution < -0.4 is 9.47 Å². The Hall–Kier alpha value is -3.02. The van der Waals surface area contributed by atoms with Crippen LogP contribution in [0.2, 0.25) is 0 Å². The zero-order chi connectivity index (χ0) is 20.6. The van der Waals surface area contributed by atoms with Gasteiger partial charge < -0.3 is 19.3 Å². The molecule has 1 fully saturated rings. The minimum Gasteiger partial charge on any atom is -0.497 e. The SMILES string of the molecule is COc1ccc(OCCCC(=O)N2CCN(C(=O)c3ccc(C)cc3)CC2)cc1. The minimum absolute atomic E-state index is 0.0324. The maximum Gasteiger partial charge on any atom is 0.253 e. The van der Waals surface area contributed by atoms with Gasteiger partial charge in [-0.05, 0) is 49.7 Å². The molecule has 0 unspecified atom stereocenters. The summed E-state index contributed by atoms with van der Waals surface area (Å²) in [6, 6.07) is 15.0. The third-order valence-corrected chi connectivity index (χ3v) is 5.08. The Morgan fingerprint density at radius 1 is 0.862 bits per heavy atom. The Bertz CT molecular complexity index is 810. The van der Waals surface area contributed by atoms with Gasteiger partial charge in [0, 0.05) is 38.2 Å². The quantitative estimate of drug-likeness (QED) is 0.675. The summed E-state index contributed by atoms with van der Waals surface area (Å²) in [7, 11) is 1.62. The predicted octanol–water partition coefficient (Wildman–Crippen LogP) is 3.15. The van der Waals surface area contributed by atoms with Crippen LogP contribution in [0, 0.1) is 6.92 Å². The van der Waals surface area contributed by atoms with Gasteiger partial charge in [-0.25, -0.2) is 0 Å². The van der Waals surface area contributed by atoms with E-state index in [9.17, 15) is 9.59 Å². The van der Waals surface area contributed by atoms with Crippen molar-refractivity contribution in [3.63, 3.8) is 0 Å². The summed E-state index contributed by atoms with van der Waals surface area (Å²) in [6.07, 6.45) is 1.11. The average molecular weight is 396 g/mol. The predicted molar refractivity (Wildman–Crippen MR) is 111 cm³/mol. The van der Waals surface area contributed by atoms with Gasteiger partial charge in [-0.2, -0.15) is 0 Å². The lowest BCUT2D eigenvalue weighted by atomic mass is 10.1. The van der Waals surface area contributed by atoms with E-state index in [1.807, 2.05) is 65.3 Å². The second kappa shape index (κ2) is 9.96. The van der Waals surface area contributed by atoms with Gasteiger partial charge in [0.2, 0.25) is 5.91 Å². The number of rotatable bonds is 7. The van der Waals surface area contributed by atoms with Gasteiger partial charge in [0.05, 0.1) is 13.7 Å². The minimum atomic E-state index is 0.0324. The Labute approximate surface area is 172 Å². The molecule has 154 valence electrons. The van der Waals surface area contributed by atoms with Crippen LogP contribution in [0.4, 0.5) is 0 Å². The van der Waals surface area contributed by atoms with Crippen molar-refractivity contribution in [1.29, 1.82) is 0 Å². The maximum absolute atomic E-state index is 12.6. The molecule has 2 amide bonds. The summed E-state index contributed by atoms with van der Waals surface area (Å²) in [5.74, 6) is 1.70. The number of methoxy groups -OCH3 is 1. The average Bonchev–Trinajstić information content (AvgIpc) is 2.77. The molecular weight excluding hydrogens is 368 g/mol. The van der Waals surface area contributed by atoms with Crippen LogP contribution in [0.3, 0.4) is 0 Å². The number of ether oxygens (including phenoxy) is 2. The number of benzene rings is 2. The zero-order valence-electron chi connectivity index (χ0n) is 17.1. The van der Waals surface area contributed by atoms with Crippen molar-refractivity contribution >= 4 is 11.8 Å². The highest BCUT2D eigenvalue weighted by atomic mass is 16.5.